The van der Waals surface area contributed by atoms with Gasteiger partial charge >= 0.3 is 5.97 Å². The van der Waals surface area contributed by atoms with Crippen molar-refractivity contribution >= 4 is 5.97 Å². The Morgan fingerprint density at radius 3 is 1.73 bits per heavy atom. The lowest BCUT2D eigenvalue weighted by molar-refractivity contribution is -0.382. The van der Waals surface area contributed by atoms with E-state index in [1.807, 2.05) is 0 Å². The summed E-state index contributed by atoms with van der Waals surface area (Å²) >= 11 is 0. The van der Waals surface area contributed by atoms with Crippen LogP contribution < -0.4 is 0 Å². The highest BCUT2D eigenvalue weighted by Crippen LogP contribution is 2.76. The number of esters is 1. The number of aliphatic hydroxyl groups is 17. The summed E-state index contributed by atoms with van der Waals surface area (Å²) in [6.45, 7) is 14.1. The number of carbonyl (C=O) groups is 1. The van der Waals surface area contributed by atoms with Crippen molar-refractivity contribution < 1.29 is 148 Å². The van der Waals surface area contributed by atoms with Crippen molar-refractivity contribution in [3.05, 3.63) is 11.6 Å². The third-order valence-electron chi connectivity index (χ3n) is 24.8. The molecule has 6 aliphatic heterocycles. The van der Waals surface area contributed by atoms with Crippen molar-refractivity contribution in [3.63, 3.8) is 0 Å². The van der Waals surface area contributed by atoms with Gasteiger partial charge in [-0.25, -0.2) is 0 Å². The highest BCUT2D eigenvalue weighted by atomic mass is 16.8. The monoisotopic (exact) mass is 1350 g/mol. The Balaban J connectivity index is 0.807. The largest absolute Gasteiger partial charge is 0.432 e. The number of hydrogen-bond donors (Lipinski definition) is 17. The van der Waals surface area contributed by atoms with Gasteiger partial charge < -0.3 is 144 Å². The van der Waals surface area contributed by atoms with Crippen LogP contribution in [0.4, 0.5) is 0 Å². The van der Waals surface area contributed by atoms with Crippen molar-refractivity contribution in [1.82, 2.24) is 0 Å². The molecule has 94 heavy (non-hydrogen) atoms. The van der Waals surface area contributed by atoms with Gasteiger partial charge in [-0.05, 0) is 116 Å². The van der Waals surface area contributed by atoms with Crippen molar-refractivity contribution in [3.8, 4) is 0 Å². The van der Waals surface area contributed by atoms with Crippen molar-refractivity contribution in [2.45, 2.75) is 298 Å². The number of allylic oxidation sites excluding steroid dienone is 2. The first kappa shape index (κ1) is 73.3. The van der Waals surface area contributed by atoms with E-state index in [-0.39, 0.29) is 34.0 Å². The molecule has 10 fully saturated rings. The van der Waals surface area contributed by atoms with Gasteiger partial charge in [-0.3, -0.25) is 4.79 Å². The average Bonchev–Trinajstić information content (AvgIpc) is 0.676. The number of ether oxygens (including phenoxy) is 12. The third kappa shape index (κ3) is 12.6. The van der Waals surface area contributed by atoms with Crippen LogP contribution in [0.3, 0.4) is 0 Å². The minimum Gasteiger partial charge on any atom is -0.432 e. The van der Waals surface area contributed by atoms with E-state index in [2.05, 4.69) is 54.5 Å². The highest BCUT2D eigenvalue weighted by Gasteiger charge is 2.71. The molecule has 0 bridgehead atoms. The quantitative estimate of drug-likeness (QED) is 0.0421. The van der Waals surface area contributed by atoms with Crippen LogP contribution in [0.2, 0.25) is 0 Å². The van der Waals surface area contributed by atoms with Gasteiger partial charge in [-0.2, -0.15) is 0 Å². The van der Waals surface area contributed by atoms with Gasteiger partial charge in [0.1, 0.15) is 128 Å². The summed E-state index contributed by atoms with van der Waals surface area (Å²) in [6.07, 6.45) is -38.1. The second-order valence-electron chi connectivity index (χ2n) is 31.0. The maximum absolute atomic E-state index is 15.5. The van der Waals surface area contributed by atoms with E-state index in [9.17, 15) is 86.8 Å². The zero-order chi connectivity index (χ0) is 68.4. The molecular formula is C64H104O30. The van der Waals surface area contributed by atoms with Crippen molar-refractivity contribution in [2.75, 3.05) is 33.0 Å². The number of aliphatic hydroxyl groups excluding tert-OH is 17. The fraction of sp³-hybridized carbons (Fsp3) is 0.953. The van der Waals surface area contributed by atoms with Gasteiger partial charge in [0.15, 0.2) is 31.5 Å². The Labute approximate surface area is 545 Å². The van der Waals surface area contributed by atoms with Gasteiger partial charge in [0.2, 0.25) is 6.29 Å². The van der Waals surface area contributed by atoms with Crippen LogP contribution in [-0.4, -0.2) is 304 Å². The summed E-state index contributed by atoms with van der Waals surface area (Å²) in [4.78, 5) is 15.5. The third-order valence-corrected chi connectivity index (χ3v) is 24.8. The van der Waals surface area contributed by atoms with Crippen LogP contribution in [-0.2, 0) is 61.6 Å². The molecule has 36 atom stereocenters. The van der Waals surface area contributed by atoms with E-state index in [4.69, 9.17) is 56.8 Å². The van der Waals surface area contributed by atoms with Gasteiger partial charge in [0.25, 0.3) is 0 Å². The Bertz CT molecular complexity index is 2640. The molecule has 540 valence electrons. The van der Waals surface area contributed by atoms with Crippen LogP contribution in [0.1, 0.15) is 120 Å². The lowest BCUT2D eigenvalue weighted by Gasteiger charge is -2.71. The maximum Gasteiger partial charge on any atom is 0.315 e. The van der Waals surface area contributed by atoms with Gasteiger partial charge in [0, 0.05) is 0 Å². The minimum absolute atomic E-state index is 0.0404. The van der Waals surface area contributed by atoms with Crippen molar-refractivity contribution in [2.24, 2.45) is 50.2 Å². The summed E-state index contributed by atoms with van der Waals surface area (Å²) in [5.41, 5.74) is -1.75. The molecule has 5 aliphatic carbocycles. The minimum atomic E-state index is -1.96. The zero-order valence-electron chi connectivity index (χ0n) is 54.6. The molecule has 0 aromatic rings. The molecular weight excluding hydrogens is 1250 g/mol. The molecule has 6 saturated heterocycles. The van der Waals surface area contributed by atoms with Gasteiger partial charge in [-0.1, -0.05) is 60.1 Å². The molecule has 0 amide bonds. The number of rotatable bonds is 15. The van der Waals surface area contributed by atoms with E-state index in [1.54, 1.807) is 0 Å². The van der Waals surface area contributed by atoms with E-state index >= 15 is 4.79 Å². The summed E-state index contributed by atoms with van der Waals surface area (Å²) in [7, 11) is 0. The summed E-state index contributed by atoms with van der Waals surface area (Å²) in [5.74, 6) is -0.783. The second-order valence-corrected chi connectivity index (χ2v) is 31.0. The first-order valence-electron chi connectivity index (χ1n) is 33.5. The van der Waals surface area contributed by atoms with Crippen LogP contribution in [0, 0.1) is 50.2 Å². The molecule has 4 saturated carbocycles. The van der Waals surface area contributed by atoms with E-state index in [0.29, 0.717) is 51.4 Å². The van der Waals surface area contributed by atoms with E-state index < -0.39 is 233 Å². The van der Waals surface area contributed by atoms with E-state index in [1.165, 1.54) is 12.5 Å². The molecule has 0 aromatic carbocycles. The van der Waals surface area contributed by atoms with Gasteiger partial charge in [-0.15, -0.1) is 0 Å². The fourth-order valence-electron chi connectivity index (χ4n) is 18.8. The number of hydrogen-bond acceptors (Lipinski definition) is 30. The average molecular weight is 1350 g/mol. The Morgan fingerprint density at radius 2 is 1.05 bits per heavy atom. The second kappa shape index (κ2) is 27.5. The lowest BCUT2D eigenvalue weighted by atomic mass is 9.33. The summed E-state index contributed by atoms with van der Waals surface area (Å²) in [5, 5.41) is 184. The zero-order valence-corrected chi connectivity index (χ0v) is 54.6. The predicted octanol–water partition coefficient (Wildman–Crippen LogP) is -4.08. The topological polar surface area (TPSA) is 472 Å². The molecule has 0 radical (unpaired) electrons. The fourth-order valence-corrected chi connectivity index (χ4v) is 18.8. The number of fused-ring (bicyclic) bond motifs is 7. The van der Waals surface area contributed by atoms with Crippen LogP contribution in [0.25, 0.3) is 0 Å². The molecule has 6 heterocycles. The Kier molecular flexibility index (Phi) is 21.4. The summed E-state index contributed by atoms with van der Waals surface area (Å²) in [6, 6.07) is 0. The van der Waals surface area contributed by atoms with Crippen LogP contribution in [0.15, 0.2) is 11.6 Å². The first-order valence-corrected chi connectivity index (χ1v) is 33.5. The molecule has 11 aliphatic rings. The molecule has 0 aromatic heterocycles. The molecule has 0 unspecified atom stereocenters. The smallest absolute Gasteiger partial charge is 0.315 e. The van der Waals surface area contributed by atoms with Gasteiger partial charge in [0.05, 0.1) is 50.7 Å². The maximum atomic E-state index is 15.5. The Morgan fingerprint density at radius 1 is 0.500 bits per heavy atom. The van der Waals surface area contributed by atoms with E-state index in [0.717, 1.165) is 12.8 Å². The standard InChI is InChI=1S/C64H104O30/c1-25-36(69)40(73)45(78)54(86-25)92-50-32(24-85-52-44(77)37(70)28(67)22-83-52)89-56(47(80)43(50)76)94-58(82)64-17-15-59(2,3)19-27(64)26-9-10-34-61(6)13-12-35(60(4,5)33(61)11-14-63(34,8)62(26,7)16-18-64)90-57-51(42(75)39(72)31(21-66)88-57)93-53-48(81)49(29(68)23-84-53)91-55-46(79)41(74)38(71)30(20-65)87-55/h9,25,27-57,65-81H,10-24H2,1-8H3/t25-,27-,28-,29+,30+,31+,32+,33-,34+,35-,36-,37-,38+,39+,40+,41-,42-,43+,44+,45+,46+,47+,48+,49-,50+,51+,52-,53-,54-,55-,56-,57+,61-,62+,63+,64-/m0/s1. The predicted molar refractivity (Wildman–Crippen MR) is 315 cm³/mol. The molecule has 30 heteroatoms. The SMILES string of the molecule is C[C@@H]1O[C@@H](O[C@H]2[C@H](O)[C@@H](O)[C@H](OC(=O)[C@]34CCC(C)(C)C[C@H]3C3=CC[C@@H]5[C@@]6(C)CC[C@H](O[C@H]7O[C@H](CO)[C@@H](O)[C@H](O)[C@H]7O[C@@H]7OC[C@@H](O)[C@H](O[C@@H]8O[C@H](CO)[C@@H](O)[C@H](O)[C@H]8O)[C@H]7O)C(C)(C)[C@@H]6CC[C@@]5(C)[C@]3(C)CC4)O[C@@H]2CO[C@@H]2OC[C@H](O)[C@H](O)[C@H]2O)[C@H](O)[C@H](O)[C@H]1O. The molecule has 0 spiro atoms. The van der Waals surface area contributed by atoms with Crippen molar-refractivity contribution in [1.29, 1.82) is 0 Å². The molecule has 17 N–H and O–H groups in total. The van der Waals surface area contributed by atoms with Crippen LogP contribution in [0.5, 0.6) is 0 Å². The lowest BCUT2D eigenvalue weighted by Crippen LogP contribution is -2.67. The molecule has 30 nitrogen and oxygen atoms in total. The highest BCUT2D eigenvalue weighted by molar-refractivity contribution is 5.79. The number of carbonyl (C=O) groups excluding carboxylic acids is 1. The molecule has 11 rings (SSSR count). The van der Waals surface area contributed by atoms with Crippen LogP contribution >= 0.6 is 0 Å². The summed E-state index contributed by atoms with van der Waals surface area (Å²) < 4.78 is 71.9. The normalized spacial score (nSPS) is 54.2. The Hall–Kier alpha value is -1.91. The first-order chi connectivity index (χ1) is 44.1.